The van der Waals surface area contributed by atoms with Gasteiger partial charge >= 0.3 is 0 Å². The van der Waals surface area contributed by atoms with Crippen LogP contribution in [0.3, 0.4) is 0 Å². The first-order valence-corrected chi connectivity index (χ1v) is 8.37. The van der Waals surface area contributed by atoms with Crippen molar-refractivity contribution in [2.75, 3.05) is 6.54 Å². The van der Waals surface area contributed by atoms with Crippen LogP contribution in [0, 0.1) is 0 Å². The molecule has 5 heteroatoms. The Morgan fingerprint density at radius 1 is 1.20 bits per heavy atom. The molecule has 0 heterocycles. The average molecular weight is 296 g/mol. The number of benzene rings is 1. The van der Waals surface area contributed by atoms with E-state index in [0.717, 1.165) is 12.1 Å². The van der Waals surface area contributed by atoms with Crippen molar-refractivity contribution in [1.29, 1.82) is 0 Å². The van der Waals surface area contributed by atoms with Crippen LogP contribution in [0.5, 0.6) is 0 Å². The minimum Gasteiger partial charge on any atom is -0.310 e. The van der Waals surface area contributed by atoms with Crippen molar-refractivity contribution in [3.63, 3.8) is 0 Å². The van der Waals surface area contributed by atoms with E-state index in [1.165, 1.54) is 0 Å². The van der Waals surface area contributed by atoms with Gasteiger partial charge in [0.2, 0.25) is 10.0 Å². The first kappa shape index (κ1) is 16.9. The van der Waals surface area contributed by atoms with Crippen molar-refractivity contribution in [2.45, 2.75) is 44.7 Å². The maximum absolute atomic E-state index is 12.0. The Morgan fingerprint density at radius 3 is 2.40 bits per heavy atom. The lowest BCUT2D eigenvalue weighted by molar-refractivity contribution is 0.580. The third-order valence-electron chi connectivity index (χ3n) is 2.79. The SMILES string of the molecule is C/C=C/CCNS(=O)(=O)c1ccc(CNC(C)C)cc1. The Bertz CT molecular complexity index is 519. The fourth-order valence-electron chi connectivity index (χ4n) is 1.64. The lowest BCUT2D eigenvalue weighted by Gasteiger charge is -2.09. The third kappa shape index (κ3) is 5.86. The predicted octanol–water partition coefficient (Wildman–Crippen LogP) is 2.43. The highest BCUT2D eigenvalue weighted by Gasteiger charge is 2.12. The van der Waals surface area contributed by atoms with Gasteiger partial charge in [-0.1, -0.05) is 38.1 Å². The molecule has 4 nitrogen and oxygen atoms in total. The van der Waals surface area contributed by atoms with Gasteiger partial charge in [0.05, 0.1) is 4.90 Å². The molecule has 0 atom stereocenters. The normalized spacial score (nSPS) is 12.4. The van der Waals surface area contributed by atoms with Crippen molar-refractivity contribution in [2.24, 2.45) is 0 Å². The maximum Gasteiger partial charge on any atom is 0.240 e. The summed E-state index contributed by atoms with van der Waals surface area (Å²) in [5.74, 6) is 0. The fraction of sp³-hybridized carbons (Fsp3) is 0.467. The summed E-state index contributed by atoms with van der Waals surface area (Å²) in [7, 11) is -3.39. The van der Waals surface area contributed by atoms with Crippen LogP contribution >= 0.6 is 0 Å². The molecule has 1 aromatic carbocycles. The van der Waals surface area contributed by atoms with Gasteiger partial charge in [-0.2, -0.15) is 0 Å². The van der Waals surface area contributed by atoms with Crippen molar-refractivity contribution < 1.29 is 8.42 Å². The van der Waals surface area contributed by atoms with Gasteiger partial charge in [-0.3, -0.25) is 0 Å². The van der Waals surface area contributed by atoms with Gasteiger partial charge in [0.25, 0.3) is 0 Å². The molecule has 0 aliphatic heterocycles. The van der Waals surface area contributed by atoms with Crippen LogP contribution in [-0.4, -0.2) is 21.0 Å². The molecular formula is C15H24N2O2S. The highest BCUT2D eigenvalue weighted by Crippen LogP contribution is 2.10. The molecule has 0 spiro atoms. The average Bonchev–Trinajstić information content (AvgIpc) is 2.42. The minimum absolute atomic E-state index is 0.311. The zero-order valence-electron chi connectivity index (χ0n) is 12.4. The van der Waals surface area contributed by atoms with E-state index in [2.05, 4.69) is 23.9 Å². The Hall–Kier alpha value is -1.17. The van der Waals surface area contributed by atoms with Crippen LogP contribution in [0.25, 0.3) is 0 Å². The van der Waals surface area contributed by atoms with E-state index < -0.39 is 10.0 Å². The van der Waals surface area contributed by atoms with Crippen LogP contribution < -0.4 is 10.0 Å². The first-order chi connectivity index (χ1) is 9.45. The van der Waals surface area contributed by atoms with Gasteiger partial charge in [-0.25, -0.2) is 13.1 Å². The molecule has 112 valence electrons. The molecule has 0 aliphatic carbocycles. The summed E-state index contributed by atoms with van der Waals surface area (Å²) >= 11 is 0. The van der Waals surface area contributed by atoms with Crippen LogP contribution in [0.2, 0.25) is 0 Å². The molecule has 2 N–H and O–H groups in total. The first-order valence-electron chi connectivity index (χ1n) is 6.89. The van der Waals surface area contributed by atoms with Crippen molar-refractivity contribution in [3.8, 4) is 0 Å². The standard InChI is InChI=1S/C15H24N2O2S/c1-4-5-6-11-17-20(18,19)15-9-7-14(8-10-15)12-16-13(2)3/h4-5,7-10,13,16-17H,6,11-12H2,1-3H3/b5-4+. The molecule has 0 amide bonds. The summed E-state index contributed by atoms with van der Waals surface area (Å²) < 4.78 is 26.6. The number of sulfonamides is 1. The summed E-state index contributed by atoms with van der Waals surface area (Å²) in [6.45, 7) is 7.23. The Balaban J connectivity index is 2.62. The number of rotatable bonds is 8. The van der Waals surface area contributed by atoms with E-state index >= 15 is 0 Å². The van der Waals surface area contributed by atoms with Gasteiger partial charge in [-0.15, -0.1) is 0 Å². The molecule has 0 saturated carbocycles. The van der Waals surface area contributed by atoms with Gasteiger partial charge in [0, 0.05) is 19.1 Å². The van der Waals surface area contributed by atoms with E-state index in [9.17, 15) is 8.42 Å². The zero-order chi connectivity index (χ0) is 15.0. The second-order valence-electron chi connectivity index (χ2n) is 4.94. The minimum atomic E-state index is -3.39. The Kier molecular flexibility index (Phi) is 6.91. The van der Waals surface area contributed by atoms with Gasteiger partial charge in [0.1, 0.15) is 0 Å². The molecule has 20 heavy (non-hydrogen) atoms. The van der Waals surface area contributed by atoms with E-state index in [1.54, 1.807) is 12.1 Å². The Morgan fingerprint density at radius 2 is 1.85 bits per heavy atom. The molecule has 1 aromatic rings. The van der Waals surface area contributed by atoms with Gasteiger partial charge < -0.3 is 5.32 Å². The monoisotopic (exact) mass is 296 g/mol. The molecule has 0 radical (unpaired) electrons. The molecular weight excluding hydrogens is 272 g/mol. The molecule has 0 fully saturated rings. The van der Waals surface area contributed by atoms with E-state index in [-0.39, 0.29) is 0 Å². The van der Waals surface area contributed by atoms with Crippen molar-refractivity contribution in [1.82, 2.24) is 10.0 Å². The summed E-state index contributed by atoms with van der Waals surface area (Å²) in [6.07, 6.45) is 4.54. The van der Waals surface area contributed by atoms with Crippen molar-refractivity contribution in [3.05, 3.63) is 42.0 Å². The fourth-order valence-corrected chi connectivity index (χ4v) is 2.68. The Labute approximate surface area is 122 Å². The highest BCUT2D eigenvalue weighted by atomic mass is 32.2. The summed E-state index contributed by atoms with van der Waals surface area (Å²) in [5.41, 5.74) is 1.08. The van der Waals surface area contributed by atoms with Crippen molar-refractivity contribution >= 4 is 10.0 Å². The molecule has 0 saturated heterocycles. The van der Waals surface area contributed by atoms with Gasteiger partial charge in [-0.05, 0) is 31.0 Å². The largest absolute Gasteiger partial charge is 0.310 e. The lowest BCUT2D eigenvalue weighted by Crippen LogP contribution is -2.24. The number of hydrogen-bond acceptors (Lipinski definition) is 3. The highest BCUT2D eigenvalue weighted by molar-refractivity contribution is 7.89. The zero-order valence-corrected chi connectivity index (χ0v) is 13.2. The smallest absolute Gasteiger partial charge is 0.240 e. The van der Waals surface area contributed by atoms with Crippen LogP contribution in [-0.2, 0) is 16.6 Å². The number of allylic oxidation sites excluding steroid dienone is 1. The predicted molar refractivity (Wildman–Crippen MR) is 83.0 cm³/mol. The van der Waals surface area contributed by atoms with Crippen LogP contribution in [0.4, 0.5) is 0 Å². The molecule has 0 unspecified atom stereocenters. The summed E-state index contributed by atoms with van der Waals surface area (Å²) in [4.78, 5) is 0.311. The number of nitrogens with one attached hydrogen (secondary N) is 2. The van der Waals surface area contributed by atoms with E-state index in [0.29, 0.717) is 23.9 Å². The summed E-state index contributed by atoms with van der Waals surface area (Å²) in [6, 6.07) is 7.39. The quantitative estimate of drug-likeness (QED) is 0.572. The van der Waals surface area contributed by atoms with Crippen LogP contribution in [0.15, 0.2) is 41.3 Å². The van der Waals surface area contributed by atoms with E-state index in [1.807, 2.05) is 31.2 Å². The molecule has 0 aromatic heterocycles. The molecule has 1 rings (SSSR count). The van der Waals surface area contributed by atoms with E-state index in [4.69, 9.17) is 0 Å². The second kappa shape index (κ2) is 8.19. The van der Waals surface area contributed by atoms with Crippen LogP contribution in [0.1, 0.15) is 32.8 Å². The third-order valence-corrected chi connectivity index (χ3v) is 4.26. The topological polar surface area (TPSA) is 58.2 Å². The second-order valence-corrected chi connectivity index (χ2v) is 6.70. The molecule has 0 aliphatic rings. The molecule has 0 bridgehead atoms. The van der Waals surface area contributed by atoms with Gasteiger partial charge in [0.15, 0.2) is 0 Å². The lowest BCUT2D eigenvalue weighted by atomic mass is 10.2. The maximum atomic E-state index is 12.0. The summed E-state index contributed by atoms with van der Waals surface area (Å²) in [5, 5.41) is 3.30. The number of hydrogen-bond donors (Lipinski definition) is 2.